The van der Waals surface area contributed by atoms with E-state index in [0.29, 0.717) is 19.0 Å². The first kappa shape index (κ1) is 14.5. The summed E-state index contributed by atoms with van der Waals surface area (Å²) in [5.74, 6) is -0.558. The summed E-state index contributed by atoms with van der Waals surface area (Å²) in [6.07, 6.45) is 1.97. The molecule has 108 valence electrons. The van der Waals surface area contributed by atoms with Gasteiger partial charge in [0, 0.05) is 13.1 Å². The molecule has 0 spiro atoms. The third-order valence-corrected chi connectivity index (χ3v) is 3.54. The zero-order valence-electron chi connectivity index (χ0n) is 11.5. The molecule has 20 heavy (non-hydrogen) atoms. The molecule has 0 aromatic heterocycles. The highest BCUT2D eigenvalue weighted by atomic mass is 19.1. The van der Waals surface area contributed by atoms with Crippen LogP contribution in [0, 0.1) is 11.7 Å². The van der Waals surface area contributed by atoms with Gasteiger partial charge in [0.1, 0.15) is 5.82 Å². The monoisotopic (exact) mass is 279 g/mol. The second kappa shape index (κ2) is 6.50. The summed E-state index contributed by atoms with van der Waals surface area (Å²) < 4.78 is 17.7. The first-order chi connectivity index (χ1) is 9.56. The van der Waals surface area contributed by atoms with Crippen molar-refractivity contribution in [3.8, 4) is 0 Å². The van der Waals surface area contributed by atoms with Gasteiger partial charge in [-0.05, 0) is 43.0 Å². The molecule has 0 unspecified atom stereocenters. The third kappa shape index (κ3) is 3.79. The minimum atomic E-state index is -0.608. The molecule has 2 rings (SSSR count). The predicted octanol–water partition coefficient (Wildman–Crippen LogP) is 2.24. The fourth-order valence-electron chi connectivity index (χ4n) is 2.15. The number of ether oxygens (including phenoxy) is 1. The van der Waals surface area contributed by atoms with Crippen LogP contribution in [0.4, 0.5) is 4.39 Å². The lowest BCUT2D eigenvalue weighted by atomic mass is 9.99. The molecule has 1 amide bonds. The zero-order valence-corrected chi connectivity index (χ0v) is 11.5. The van der Waals surface area contributed by atoms with Crippen LogP contribution in [0.3, 0.4) is 0 Å². The number of halogens is 1. The molecule has 0 N–H and O–H groups in total. The van der Waals surface area contributed by atoms with E-state index in [-0.39, 0.29) is 18.1 Å². The number of benzene rings is 1. The van der Waals surface area contributed by atoms with E-state index in [1.165, 1.54) is 24.3 Å². The number of amides is 1. The number of carbonyl (C=O) groups excluding carboxylic acids is 2. The lowest BCUT2D eigenvalue weighted by Gasteiger charge is -2.30. The summed E-state index contributed by atoms with van der Waals surface area (Å²) in [7, 11) is 0. The average molecular weight is 279 g/mol. The summed E-state index contributed by atoms with van der Waals surface area (Å²) in [5.41, 5.74) is 0.242. The molecule has 1 heterocycles. The Labute approximate surface area is 117 Å². The number of rotatable bonds is 3. The smallest absolute Gasteiger partial charge is 0.338 e. The second-order valence-electron chi connectivity index (χ2n) is 5.15. The number of nitrogens with zero attached hydrogens (tertiary/aromatic N) is 1. The van der Waals surface area contributed by atoms with E-state index in [2.05, 4.69) is 6.92 Å². The SMILES string of the molecule is CC1CCN(C(=O)COC(=O)c2ccc(F)cc2)CC1. The maximum absolute atomic E-state index is 12.7. The molecule has 1 fully saturated rings. The first-order valence-corrected chi connectivity index (χ1v) is 6.76. The van der Waals surface area contributed by atoms with E-state index in [4.69, 9.17) is 4.74 Å². The van der Waals surface area contributed by atoms with Crippen molar-refractivity contribution in [2.75, 3.05) is 19.7 Å². The van der Waals surface area contributed by atoms with Crippen LogP contribution in [-0.4, -0.2) is 36.5 Å². The Balaban J connectivity index is 1.81. The van der Waals surface area contributed by atoms with Gasteiger partial charge in [-0.1, -0.05) is 6.92 Å². The molecule has 0 radical (unpaired) electrons. The summed E-state index contributed by atoms with van der Waals surface area (Å²) in [6, 6.07) is 5.05. The van der Waals surface area contributed by atoms with E-state index < -0.39 is 11.8 Å². The molecule has 4 nitrogen and oxygen atoms in total. The van der Waals surface area contributed by atoms with Gasteiger partial charge in [0.25, 0.3) is 5.91 Å². The average Bonchev–Trinajstić information content (AvgIpc) is 2.46. The predicted molar refractivity (Wildman–Crippen MR) is 71.7 cm³/mol. The molecule has 0 atom stereocenters. The van der Waals surface area contributed by atoms with Crippen LogP contribution in [0.1, 0.15) is 30.1 Å². The van der Waals surface area contributed by atoms with E-state index in [1.807, 2.05) is 0 Å². The molecule has 1 aromatic carbocycles. The zero-order chi connectivity index (χ0) is 14.5. The van der Waals surface area contributed by atoms with Crippen molar-refractivity contribution in [3.05, 3.63) is 35.6 Å². The topological polar surface area (TPSA) is 46.6 Å². The highest BCUT2D eigenvalue weighted by Crippen LogP contribution is 2.16. The van der Waals surface area contributed by atoms with Gasteiger partial charge in [0.2, 0.25) is 0 Å². The third-order valence-electron chi connectivity index (χ3n) is 3.54. The molecule has 1 aliphatic heterocycles. The maximum Gasteiger partial charge on any atom is 0.338 e. The molecule has 1 aromatic rings. The van der Waals surface area contributed by atoms with Gasteiger partial charge in [-0.3, -0.25) is 4.79 Å². The van der Waals surface area contributed by atoms with Crippen molar-refractivity contribution < 1.29 is 18.7 Å². The number of hydrogen-bond acceptors (Lipinski definition) is 3. The van der Waals surface area contributed by atoms with Gasteiger partial charge < -0.3 is 9.64 Å². The Morgan fingerprint density at radius 3 is 2.45 bits per heavy atom. The van der Waals surface area contributed by atoms with Crippen LogP contribution in [0.25, 0.3) is 0 Å². The van der Waals surface area contributed by atoms with E-state index in [1.54, 1.807) is 4.90 Å². The molecular formula is C15H18FNO3. The first-order valence-electron chi connectivity index (χ1n) is 6.76. The fourth-order valence-corrected chi connectivity index (χ4v) is 2.15. The number of likely N-dealkylation sites (tertiary alicyclic amines) is 1. The standard InChI is InChI=1S/C15H18FNO3/c1-11-6-8-17(9-7-11)14(18)10-20-15(19)12-2-4-13(16)5-3-12/h2-5,11H,6-10H2,1H3. The molecule has 0 bridgehead atoms. The van der Waals surface area contributed by atoms with Crippen LogP contribution >= 0.6 is 0 Å². The Kier molecular flexibility index (Phi) is 4.71. The van der Waals surface area contributed by atoms with Crippen LogP contribution in [-0.2, 0) is 9.53 Å². The Morgan fingerprint density at radius 1 is 1.25 bits per heavy atom. The van der Waals surface area contributed by atoms with Crippen molar-refractivity contribution in [1.29, 1.82) is 0 Å². The Bertz CT molecular complexity index is 478. The number of hydrogen-bond donors (Lipinski definition) is 0. The minimum absolute atomic E-state index is 0.174. The van der Waals surface area contributed by atoms with Gasteiger partial charge in [-0.25, -0.2) is 9.18 Å². The van der Waals surface area contributed by atoms with E-state index >= 15 is 0 Å². The van der Waals surface area contributed by atoms with Gasteiger partial charge in [0.15, 0.2) is 6.61 Å². The minimum Gasteiger partial charge on any atom is -0.452 e. The van der Waals surface area contributed by atoms with Crippen molar-refractivity contribution in [2.24, 2.45) is 5.92 Å². The van der Waals surface area contributed by atoms with Gasteiger partial charge >= 0.3 is 5.97 Å². The van der Waals surface area contributed by atoms with Gasteiger partial charge in [-0.2, -0.15) is 0 Å². The van der Waals surface area contributed by atoms with E-state index in [0.717, 1.165) is 12.8 Å². The number of piperidine rings is 1. The summed E-state index contributed by atoms with van der Waals surface area (Å²) in [4.78, 5) is 25.3. The lowest BCUT2D eigenvalue weighted by molar-refractivity contribution is -0.135. The molecule has 0 aliphatic carbocycles. The van der Waals surface area contributed by atoms with Crippen molar-refractivity contribution in [2.45, 2.75) is 19.8 Å². The maximum atomic E-state index is 12.7. The van der Waals surface area contributed by atoms with Gasteiger partial charge in [0.05, 0.1) is 5.56 Å². The molecule has 5 heteroatoms. The van der Waals surface area contributed by atoms with Crippen molar-refractivity contribution in [3.63, 3.8) is 0 Å². The molecule has 1 saturated heterocycles. The lowest BCUT2D eigenvalue weighted by Crippen LogP contribution is -2.40. The molecule has 1 aliphatic rings. The van der Waals surface area contributed by atoms with Crippen molar-refractivity contribution >= 4 is 11.9 Å². The normalized spacial score (nSPS) is 16.0. The number of esters is 1. The highest BCUT2D eigenvalue weighted by Gasteiger charge is 2.21. The van der Waals surface area contributed by atoms with Crippen LogP contribution in [0.5, 0.6) is 0 Å². The molecular weight excluding hydrogens is 261 g/mol. The van der Waals surface area contributed by atoms with E-state index in [9.17, 15) is 14.0 Å². The van der Waals surface area contributed by atoms with Crippen LogP contribution < -0.4 is 0 Å². The van der Waals surface area contributed by atoms with Crippen molar-refractivity contribution in [1.82, 2.24) is 4.90 Å². The van der Waals surface area contributed by atoms with Gasteiger partial charge in [-0.15, -0.1) is 0 Å². The quantitative estimate of drug-likeness (QED) is 0.797. The summed E-state index contributed by atoms with van der Waals surface area (Å²) in [6.45, 7) is 3.34. The summed E-state index contributed by atoms with van der Waals surface area (Å²) >= 11 is 0. The second-order valence-corrected chi connectivity index (χ2v) is 5.15. The Hall–Kier alpha value is -1.91. The summed E-state index contributed by atoms with van der Waals surface area (Å²) in [5, 5.41) is 0. The largest absolute Gasteiger partial charge is 0.452 e. The highest BCUT2D eigenvalue weighted by molar-refractivity contribution is 5.91. The molecule has 0 saturated carbocycles. The van der Waals surface area contributed by atoms with Crippen LogP contribution in [0.2, 0.25) is 0 Å². The Morgan fingerprint density at radius 2 is 1.85 bits per heavy atom. The van der Waals surface area contributed by atoms with Crippen LogP contribution in [0.15, 0.2) is 24.3 Å². The fraction of sp³-hybridized carbons (Fsp3) is 0.467. The number of carbonyl (C=O) groups is 2.